The molecule has 0 aliphatic heterocycles. The van der Waals surface area contributed by atoms with Crippen molar-refractivity contribution in [2.45, 2.75) is 38.3 Å². The molecule has 0 heterocycles. The molecule has 0 saturated heterocycles. The largest absolute Gasteiger partial charge is 0.387 e. The van der Waals surface area contributed by atoms with Gasteiger partial charge >= 0.3 is 6.03 Å². The van der Waals surface area contributed by atoms with Crippen LogP contribution in [0.5, 0.6) is 0 Å². The van der Waals surface area contributed by atoms with Crippen LogP contribution < -0.4 is 10.6 Å². The summed E-state index contributed by atoms with van der Waals surface area (Å²) in [7, 11) is 0. The van der Waals surface area contributed by atoms with Gasteiger partial charge in [-0.1, -0.05) is 37.1 Å². The number of rotatable bonds is 4. The van der Waals surface area contributed by atoms with Gasteiger partial charge in [-0.3, -0.25) is 0 Å². The van der Waals surface area contributed by atoms with Gasteiger partial charge < -0.3 is 15.7 Å². The van der Waals surface area contributed by atoms with Crippen LogP contribution in [-0.2, 0) is 0 Å². The van der Waals surface area contributed by atoms with Crippen molar-refractivity contribution in [1.29, 1.82) is 0 Å². The molecular weight excluding hydrogens is 276 g/mol. The number of aliphatic hydroxyl groups excluding tert-OH is 1. The molecule has 3 N–H and O–H groups in total. The molecule has 1 aromatic rings. The van der Waals surface area contributed by atoms with E-state index in [-0.39, 0.29) is 18.6 Å². The number of hydrogen-bond acceptors (Lipinski definition) is 2. The first-order valence-electron chi connectivity index (χ1n) is 7.04. The van der Waals surface area contributed by atoms with Crippen LogP contribution in [0, 0.1) is 5.92 Å². The highest BCUT2D eigenvalue weighted by molar-refractivity contribution is 6.30. The summed E-state index contributed by atoms with van der Waals surface area (Å²) in [5.74, 6) is 0.530. The average Bonchev–Trinajstić information content (AvgIpc) is 2.82. The van der Waals surface area contributed by atoms with Gasteiger partial charge in [0.1, 0.15) is 0 Å². The summed E-state index contributed by atoms with van der Waals surface area (Å²) in [6, 6.07) is 7.00. The zero-order chi connectivity index (χ0) is 14.5. The molecule has 0 aromatic heterocycles. The van der Waals surface area contributed by atoms with Gasteiger partial charge in [0, 0.05) is 17.6 Å². The molecule has 2 amide bonds. The Bertz CT molecular complexity index is 450. The molecule has 110 valence electrons. The average molecular weight is 297 g/mol. The molecule has 20 heavy (non-hydrogen) atoms. The zero-order valence-corrected chi connectivity index (χ0v) is 12.4. The van der Waals surface area contributed by atoms with Crippen LogP contribution in [0.15, 0.2) is 24.3 Å². The maximum Gasteiger partial charge on any atom is 0.315 e. The minimum atomic E-state index is -0.723. The molecule has 1 aliphatic carbocycles. The summed E-state index contributed by atoms with van der Waals surface area (Å²) in [4.78, 5) is 11.8. The second-order valence-electron chi connectivity index (χ2n) is 5.44. The van der Waals surface area contributed by atoms with Crippen molar-refractivity contribution in [3.63, 3.8) is 0 Å². The molecule has 0 bridgehead atoms. The highest BCUT2D eigenvalue weighted by atomic mass is 35.5. The van der Waals surface area contributed by atoms with Crippen molar-refractivity contribution in [1.82, 2.24) is 10.6 Å². The summed E-state index contributed by atoms with van der Waals surface area (Å²) in [5, 5.41) is 16.3. The van der Waals surface area contributed by atoms with E-state index in [0.717, 1.165) is 12.0 Å². The van der Waals surface area contributed by atoms with E-state index in [9.17, 15) is 9.90 Å². The Morgan fingerprint density at radius 2 is 2.10 bits per heavy atom. The number of aliphatic hydroxyl groups is 1. The lowest BCUT2D eigenvalue weighted by Crippen LogP contribution is -2.44. The molecule has 5 heteroatoms. The minimum Gasteiger partial charge on any atom is -0.387 e. The SMILES string of the molecule is CC1CCCC1NC(=O)NCC(O)c1ccc(Cl)cc1. The van der Waals surface area contributed by atoms with E-state index >= 15 is 0 Å². The molecule has 1 aliphatic rings. The van der Waals surface area contributed by atoms with Crippen molar-refractivity contribution in [2.75, 3.05) is 6.54 Å². The van der Waals surface area contributed by atoms with Crippen LogP contribution in [0.1, 0.15) is 37.9 Å². The van der Waals surface area contributed by atoms with Crippen molar-refractivity contribution in [3.05, 3.63) is 34.9 Å². The third kappa shape index (κ3) is 4.12. The first-order chi connectivity index (χ1) is 9.56. The van der Waals surface area contributed by atoms with Gasteiger partial charge in [-0.15, -0.1) is 0 Å². The Hall–Kier alpha value is -1.26. The van der Waals surface area contributed by atoms with Crippen LogP contribution in [0.25, 0.3) is 0 Å². The fraction of sp³-hybridized carbons (Fsp3) is 0.533. The summed E-state index contributed by atoms with van der Waals surface area (Å²) in [6.07, 6.45) is 2.64. The molecule has 2 rings (SSSR count). The minimum absolute atomic E-state index is 0.189. The highest BCUT2D eigenvalue weighted by Crippen LogP contribution is 2.24. The van der Waals surface area contributed by atoms with Crippen molar-refractivity contribution >= 4 is 17.6 Å². The number of hydrogen-bond donors (Lipinski definition) is 3. The van der Waals surface area contributed by atoms with Crippen molar-refractivity contribution in [3.8, 4) is 0 Å². The van der Waals surface area contributed by atoms with Crippen molar-refractivity contribution in [2.24, 2.45) is 5.92 Å². The lowest BCUT2D eigenvalue weighted by Gasteiger charge is -2.19. The molecule has 1 saturated carbocycles. The van der Waals surface area contributed by atoms with Crippen LogP contribution in [0.4, 0.5) is 4.79 Å². The smallest absolute Gasteiger partial charge is 0.315 e. The van der Waals surface area contributed by atoms with Gasteiger partial charge in [0.2, 0.25) is 0 Å². The first kappa shape index (κ1) is 15.1. The number of carbonyl (C=O) groups excluding carboxylic acids is 1. The second-order valence-corrected chi connectivity index (χ2v) is 5.87. The van der Waals surface area contributed by atoms with E-state index in [2.05, 4.69) is 17.6 Å². The highest BCUT2D eigenvalue weighted by Gasteiger charge is 2.24. The lowest BCUT2D eigenvalue weighted by molar-refractivity contribution is 0.172. The predicted octanol–water partition coefficient (Wildman–Crippen LogP) is 2.86. The number of benzene rings is 1. The van der Waals surface area contributed by atoms with Crippen LogP contribution in [0.2, 0.25) is 5.02 Å². The predicted molar refractivity (Wildman–Crippen MR) is 79.7 cm³/mol. The summed E-state index contributed by atoms with van der Waals surface area (Å²) in [6.45, 7) is 2.34. The lowest BCUT2D eigenvalue weighted by atomic mass is 10.1. The molecule has 1 fully saturated rings. The Morgan fingerprint density at radius 1 is 1.40 bits per heavy atom. The van der Waals surface area contributed by atoms with Crippen LogP contribution in [0.3, 0.4) is 0 Å². The van der Waals surface area contributed by atoms with E-state index in [1.54, 1.807) is 24.3 Å². The molecule has 1 aromatic carbocycles. The van der Waals surface area contributed by atoms with Gasteiger partial charge in [-0.05, 0) is 36.5 Å². The Kier molecular flexibility index (Phi) is 5.26. The van der Waals surface area contributed by atoms with Gasteiger partial charge in [-0.2, -0.15) is 0 Å². The topological polar surface area (TPSA) is 61.4 Å². The maximum absolute atomic E-state index is 11.8. The molecule has 0 spiro atoms. The summed E-state index contributed by atoms with van der Waals surface area (Å²) >= 11 is 5.79. The van der Waals surface area contributed by atoms with Crippen LogP contribution in [-0.4, -0.2) is 23.7 Å². The van der Waals surface area contributed by atoms with Crippen LogP contribution >= 0.6 is 11.6 Å². The monoisotopic (exact) mass is 296 g/mol. The summed E-state index contributed by atoms with van der Waals surface area (Å²) in [5.41, 5.74) is 0.740. The third-order valence-electron chi connectivity index (χ3n) is 3.89. The molecule has 4 nitrogen and oxygen atoms in total. The molecule has 0 radical (unpaired) electrons. The third-order valence-corrected chi connectivity index (χ3v) is 4.14. The fourth-order valence-electron chi connectivity index (χ4n) is 2.57. The number of amides is 2. The van der Waals surface area contributed by atoms with E-state index < -0.39 is 6.10 Å². The quantitative estimate of drug-likeness (QED) is 0.800. The number of carbonyl (C=O) groups is 1. The Morgan fingerprint density at radius 3 is 2.70 bits per heavy atom. The number of urea groups is 1. The van der Waals surface area contributed by atoms with Crippen molar-refractivity contribution < 1.29 is 9.90 Å². The van der Waals surface area contributed by atoms with E-state index in [1.807, 2.05) is 0 Å². The summed E-state index contributed by atoms with van der Waals surface area (Å²) < 4.78 is 0. The Balaban J connectivity index is 1.76. The first-order valence-corrected chi connectivity index (χ1v) is 7.42. The molecule has 3 atom stereocenters. The van der Waals surface area contributed by atoms with E-state index in [0.29, 0.717) is 10.9 Å². The molecule has 3 unspecified atom stereocenters. The second kappa shape index (κ2) is 6.95. The van der Waals surface area contributed by atoms with E-state index in [1.165, 1.54) is 12.8 Å². The fourth-order valence-corrected chi connectivity index (χ4v) is 2.70. The van der Waals surface area contributed by atoms with E-state index in [4.69, 9.17) is 11.6 Å². The maximum atomic E-state index is 11.8. The molecular formula is C15H21ClN2O2. The standard InChI is InChI=1S/C15H21ClN2O2/c1-10-3-2-4-13(10)18-15(20)17-9-14(19)11-5-7-12(16)8-6-11/h5-8,10,13-14,19H,2-4,9H2,1H3,(H2,17,18,20). The number of nitrogens with one attached hydrogen (secondary N) is 2. The zero-order valence-electron chi connectivity index (χ0n) is 11.6. The van der Waals surface area contributed by atoms with Gasteiger partial charge in [0.15, 0.2) is 0 Å². The number of halogens is 1. The van der Waals surface area contributed by atoms with Gasteiger partial charge in [-0.25, -0.2) is 4.79 Å². The Labute approximate surface area is 124 Å². The van der Waals surface area contributed by atoms with Gasteiger partial charge in [0.05, 0.1) is 6.10 Å². The van der Waals surface area contributed by atoms with Gasteiger partial charge in [0.25, 0.3) is 0 Å². The normalized spacial score (nSPS) is 23.4.